The number of hydrogen-bond donors (Lipinski definition) is 3. The van der Waals surface area contributed by atoms with E-state index in [1.165, 1.54) is 37.9 Å². The molecule has 3 N–H and O–H groups in total. The van der Waals surface area contributed by atoms with Crippen molar-refractivity contribution in [1.29, 1.82) is 0 Å². The second kappa shape index (κ2) is 13.5. The third kappa shape index (κ3) is 9.05. The Balaban J connectivity index is 0.000000509. The van der Waals surface area contributed by atoms with E-state index in [9.17, 15) is 4.79 Å². The molecule has 188 valence electrons. The van der Waals surface area contributed by atoms with Gasteiger partial charge in [-0.1, -0.05) is 36.8 Å². The first-order valence-corrected chi connectivity index (χ1v) is 12.2. The van der Waals surface area contributed by atoms with Gasteiger partial charge in [-0.3, -0.25) is 4.79 Å². The first-order valence-electron chi connectivity index (χ1n) is 12.2. The van der Waals surface area contributed by atoms with Crippen LogP contribution in [0.5, 0.6) is 5.75 Å². The average molecular weight is 483 g/mol. The van der Waals surface area contributed by atoms with Crippen LogP contribution in [0.2, 0.25) is 0 Å². The van der Waals surface area contributed by atoms with Crippen molar-refractivity contribution in [3.8, 4) is 5.75 Å². The molecule has 1 saturated carbocycles. The molecule has 8 nitrogen and oxygen atoms in total. The molecule has 2 aromatic carbocycles. The number of amides is 1. The highest BCUT2D eigenvalue weighted by atomic mass is 16.5. The lowest BCUT2D eigenvalue weighted by Crippen LogP contribution is -2.24. The molecule has 35 heavy (non-hydrogen) atoms. The Morgan fingerprint density at radius 1 is 0.914 bits per heavy atom. The number of carboxylic acids is 2. The van der Waals surface area contributed by atoms with Crippen LogP contribution in [0.1, 0.15) is 37.7 Å². The number of benzene rings is 2. The molecule has 1 aliphatic heterocycles. The van der Waals surface area contributed by atoms with Crippen LogP contribution in [-0.2, 0) is 20.8 Å². The van der Waals surface area contributed by atoms with Crippen molar-refractivity contribution in [3.05, 3.63) is 60.2 Å². The van der Waals surface area contributed by atoms with Crippen molar-refractivity contribution in [1.82, 2.24) is 4.90 Å². The lowest BCUT2D eigenvalue weighted by Gasteiger charge is -2.16. The van der Waals surface area contributed by atoms with Crippen molar-refractivity contribution < 1.29 is 29.3 Å². The van der Waals surface area contributed by atoms with Gasteiger partial charge in [0, 0.05) is 31.7 Å². The largest absolute Gasteiger partial charge is 0.494 e. The fraction of sp³-hybridized carbons (Fsp3) is 0.444. The fourth-order valence-electron chi connectivity index (χ4n) is 4.75. The maximum absolute atomic E-state index is 12.1. The van der Waals surface area contributed by atoms with Gasteiger partial charge < -0.3 is 25.2 Å². The summed E-state index contributed by atoms with van der Waals surface area (Å²) in [4.78, 5) is 32.9. The number of fused-ring (bicyclic) bond motifs is 1. The molecular formula is C27H34N2O6. The summed E-state index contributed by atoms with van der Waals surface area (Å²) >= 11 is 0. The molecule has 1 heterocycles. The van der Waals surface area contributed by atoms with Gasteiger partial charge in [-0.25, -0.2) is 9.59 Å². The summed E-state index contributed by atoms with van der Waals surface area (Å²) in [5.74, 6) is -0.814. The van der Waals surface area contributed by atoms with Crippen LogP contribution in [0.25, 0.3) is 0 Å². The minimum atomic E-state index is -1.82. The van der Waals surface area contributed by atoms with E-state index in [2.05, 4.69) is 22.3 Å². The highest BCUT2D eigenvalue weighted by molar-refractivity contribution is 6.27. The zero-order valence-electron chi connectivity index (χ0n) is 19.9. The fourth-order valence-corrected chi connectivity index (χ4v) is 4.75. The van der Waals surface area contributed by atoms with Crippen molar-refractivity contribution in [2.45, 2.75) is 38.5 Å². The zero-order chi connectivity index (χ0) is 25.0. The number of anilines is 1. The number of hydrogen-bond acceptors (Lipinski definition) is 5. The van der Waals surface area contributed by atoms with Gasteiger partial charge >= 0.3 is 11.9 Å². The molecule has 0 radical (unpaired) electrons. The normalized spacial score (nSPS) is 18.7. The molecule has 1 amide bonds. The summed E-state index contributed by atoms with van der Waals surface area (Å²) in [5.41, 5.74) is 2.00. The Hall–Kier alpha value is -3.39. The standard InChI is InChI=1S/C25H32N2O2.C2H2O4/c28-25(15-10-20-6-2-1-3-7-20)26-23-11-13-24(14-12-23)29-17-5-16-27-18-21-8-4-9-22(21)19-27;3-1(4)2(5)6/h1-3,6-7,11-14,21-22H,4-5,8-10,15-19H2,(H,26,28);(H,3,4)(H,5,6). The SMILES string of the molecule is O=C(CCc1ccccc1)Nc1ccc(OCCCN2CC3CCCC3C2)cc1.O=C(O)C(=O)O. The number of aliphatic carboxylic acids is 2. The molecule has 2 aromatic rings. The molecule has 0 spiro atoms. The Morgan fingerprint density at radius 2 is 1.54 bits per heavy atom. The maximum Gasteiger partial charge on any atom is 0.414 e. The summed E-state index contributed by atoms with van der Waals surface area (Å²) in [6, 6.07) is 17.8. The molecule has 8 heteroatoms. The Kier molecular flexibility index (Phi) is 10.1. The molecule has 0 bridgehead atoms. The number of aryl methyl sites for hydroxylation is 1. The quantitative estimate of drug-likeness (QED) is 0.366. The van der Waals surface area contributed by atoms with E-state index in [0.29, 0.717) is 6.42 Å². The number of carboxylic acid groups (broad SMARTS) is 2. The molecule has 0 aromatic heterocycles. The van der Waals surface area contributed by atoms with Gasteiger partial charge in [-0.2, -0.15) is 0 Å². The number of ether oxygens (including phenoxy) is 1. The summed E-state index contributed by atoms with van der Waals surface area (Å²) in [6.07, 6.45) is 6.62. The lowest BCUT2D eigenvalue weighted by molar-refractivity contribution is -0.159. The Morgan fingerprint density at radius 3 is 2.14 bits per heavy atom. The third-order valence-electron chi connectivity index (χ3n) is 6.49. The van der Waals surface area contributed by atoms with Crippen molar-refractivity contribution in [3.63, 3.8) is 0 Å². The molecule has 2 atom stereocenters. The second-order valence-electron chi connectivity index (χ2n) is 9.08. The number of carbonyl (C=O) groups is 3. The number of likely N-dealkylation sites (tertiary alicyclic amines) is 1. The van der Waals surface area contributed by atoms with Crippen LogP contribution in [0, 0.1) is 11.8 Å². The van der Waals surface area contributed by atoms with Gasteiger partial charge in [0.1, 0.15) is 5.75 Å². The molecular weight excluding hydrogens is 448 g/mol. The van der Waals surface area contributed by atoms with Gasteiger partial charge in [-0.05, 0) is 67.3 Å². The highest BCUT2D eigenvalue weighted by Gasteiger charge is 2.35. The smallest absolute Gasteiger partial charge is 0.414 e. The number of nitrogens with one attached hydrogen (secondary N) is 1. The van der Waals surface area contributed by atoms with Gasteiger partial charge in [0.15, 0.2) is 0 Å². The Labute approximate surface area is 205 Å². The van der Waals surface area contributed by atoms with Crippen molar-refractivity contribution >= 4 is 23.5 Å². The number of nitrogens with zero attached hydrogens (tertiary/aromatic N) is 1. The van der Waals surface area contributed by atoms with Gasteiger partial charge in [-0.15, -0.1) is 0 Å². The second-order valence-corrected chi connectivity index (χ2v) is 9.08. The molecule has 2 unspecified atom stereocenters. The summed E-state index contributed by atoms with van der Waals surface area (Å²) in [5, 5.41) is 17.7. The topological polar surface area (TPSA) is 116 Å². The summed E-state index contributed by atoms with van der Waals surface area (Å²) in [6.45, 7) is 4.48. The molecule has 4 rings (SSSR count). The predicted octanol–water partition coefficient (Wildman–Crippen LogP) is 3.91. The number of rotatable bonds is 9. The molecule has 2 aliphatic rings. The van der Waals surface area contributed by atoms with Crippen LogP contribution in [0.3, 0.4) is 0 Å². The average Bonchev–Trinajstić information content (AvgIpc) is 3.45. The number of carbonyl (C=O) groups excluding carboxylic acids is 1. The van der Waals surface area contributed by atoms with Crippen LogP contribution in [0.15, 0.2) is 54.6 Å². The van der Waals surface area contributed by atoms with Crippen LogP contribution < -0.4 is 10.1 Å². The maximum atomic E-state index is 12.1. The lowest BCUT2D eigenvalue weighted by atomic mass is 10.0. The van der Waals surface area contributed by atoms with E-state index in [4.69, 9.17) is 24.5 Å². The van der Waals surface area contributed by atoms with E-state index in [1.807, 2.05) is 42.5 Å². The predicted molar refractivity (Wildman–Crippen MR) is 132 cm³/mol. The van der Waals surface area contributed by atoms with Crippen LogP contribution in [0.4, 0.5) is 5.69 Å². The molecule has 1 saturated heterocycles. The van der Waals surface area contributed by atoms with E-state index in [1.54, 1.807) is 0 Å². The van der Waals surface area contributed by atoms with Gasteiger partial charge in [0.2, 0.25) is 5.91 Å². The minimum absolute atomic E-state index is 0.0397. The first-order chi connectivity index (χ1) is 16.9. The van der Waals surface area contributed by atoms with Crippen LogP contribution in [-0.4, -0.2) is 59.2 Å². The van der Waals surface area contributed by atoms with E-state index < -0.39 is 11.9 Å². The van der Waals surface area contributed by atoms with Crippen molar-refractivity contribution in [2.75, 3.05) is 31.6 Å². The van der Waals surface area contributed by atoms with Gasteiger partial charge in [0.25, 0.3) is 0 Å². The summed E-state index contributed by atoms with van der Waals surface area (Å²) in [7, 11) is 0. The Bertz CT molecular complexity index is 939. The minimum Gasteiger partial charge on any atom is -0.494 e. The van der Waals surface area contributed by atoms with E-state index in [-0.39, 0.29) is 5.91 Å². The summed E-state index contributed by atoms with van der Waals surface area (Å²) < 4.78 is 5.89. The van der Waals surface area contributed by atoms with Crippen LogP contribution >= 0.6 is 0 Å². The molecule has 1 aliphatic carbocycles. The van der Waals surface area contributed by atoms with Gasteiger partial charge in [0.05, 0.1) is 6.61 Å². The molecule has 2 fully saturated rings. The first kappa shape index (κ1) is 26.2. The third-order valence-corrected chi connectivity index (χ3v) is 6.49. The monoisotopic (exact) mass is 482 g/mol. The zero-order valence-corrected chi connectivity index (χ0v) is 19.9. The van der Waals surface area contributed by atoms with E-state index in [0.717, 1.165) is 49.3 Å². The van der Waals surface area contributed by atoms with Crippen molar-refractivity contribution in [2.24, 2.45) is 11.8 Å². The highest BCUT2D eigenvalue weighted by Crippen LogP contribution is 2.37. The van der Waals surface area contributed by atoms with E-state index >= 15 is 0 Å².